The molecule has 2 aromatic rings. The van der Waals surface area contributed by atoms with Crippen LogP contribution < -0.4 is 19.5 Å². The van der Waals surface area contributed by atoms with Gasteiger partial charge in [0.1, 0.15) is 19.0 Å². The number of amides is 1. The number of ether oxygens (including phenoxy) is 3. The highest BCUT2D eigenvalue weighted by Crippen LogP contribution is 2.38. The minimum absolute atomic E-state index is 0.0199. The standard InChI is InChI=1S/C17H14ClF2NO4/c18-12-7-10(8-14-15(12)24-6-5-23-14)9-21-16(22)11-3-1-2-4-13(11)25-17(19)20/h1-4,7-8,17H,5-6,9H2,(H,21,22). The predicted octanol–water partition coefficient (Wildman–Crippen LogP) is 3.64. The summed E-state index contributed by atoms with van der Waals surface area (Å²) in [6.45, 7) is -2.04. The predicted molar refractivity (Wildman–Crippen MR) is 86.7 cm³/mol. The van der Waals surface area contributed by atoms with Crippen molar-refractivity contribution in [2.24, 2.45) is 0 Å². The van der Waals surface area contributed by atoms with Gasteiger partial charge in [-0.1, -0.05) is 23.7 Å². The summed E-state index contributed by atoms with van der Waals surface area (Å²) in [5, 5.41) is 3.02. The highest BCUT2D eigenvalue weighted by molar-refractivity contribution is 6.32. The van der Waals surface area contributed by atoms with E-state index in [1.54, 1.807) is 18.2 Å². The van der Waals surface area contributed by atoms with Crippen LogP contribution in [0.25, 0.3) is 0 Å². The van der Waals surface area contributed by atoms with Crippen LogP contribution in [-0.4, -0.2) is 25.7 Å². The highest BCUT2D eigenvalue weighted by Gasteiger charge is 2.18. The summed E-state index contributed by atoms with van der Waals surface area (Å²) in [7, 11) is 0. The molecule has 3 rings (SSSR count). The van der Waals surface area contributed by atoms with Crippen LogP contribution in [-0.2, 0) is 6.54 Å². The summed E-state index contributed by atoms with van der Waals surface area (Å²) < 4.78 is 40.1. The molecule has 0 bridgehead atoms. The van der Waals surface area contributed by atoms with Crippen LogP contribution in [0.2, 0.25) is 5.02 Å². The molecule has 0 aliphatic carbocycles. The Morgan fingerprint density at radius 2 is 2.00 bits per heavy atom. The molecule has 0 saturated carbocycles. The van der Waals surface area contributed by atoms with Gasteiger partial charge in [0.2, 0.25) is 0 Å². The average molecular weight is 370 g/mol. The molecular weight excluding hydrogens is 356 g/mol. The fourth-order valence-electron chi connectivity index (χ4n) is 2.40. The van der Waals surface area contributed by atoms with E-state index >= 15 is 0 Å². The molecule has 25 heavy (non-hydrogen) atoms. The van der Waals surface area contributed by atoms with E-state index in [2.05, 4.69) is 10.1 Å². The number of rotatable bonds is 5. The summed E-state index contributed by atoms with van der Waals surface area (Å²) in [6, 6.07) is 9.15. The molecule has 1 aliphatic rings. The van der Waals surface area contributed by atoms with E-state index in [0.29, 0.717) is 35.3 Å². The van der Waals surface area contributed by atoms with Gasteiger partial charge in [0.15, 0.2) is 11.5 Å². The summed E-state index contributed by atoms with van der Waals surface area (Å²) in [4.78, 5) is 12.3. The Morgan fingerprint density at radius 3 is 2.80 bits per heavy atom. The Labute approximate surface area is 147 Å². The second-order valence-corrected chi connectivity index (χ2v) is 5.57. The van der Waals surface area contributed by atoms with Crippen molar-refractivity contribution in [1.82, 2.24) is 5.32 Å². The second-order valence-electron chi connectivity index (χ2n) is 5.16. The number of halogens is 3. The average Bonchev–Trinajstić information content (AvgIpc) is 2.60. The van der Waals surface area contributed by atoms with Gasteiger partial charge in [-0.3, -0.25) is 4.79 Å². The third-order valence-electron chi connectivity index (χ3n) is 3.46. The largest absolute Gasteiger partial charge is 0.486 e. The Balaban J connectivity index is 1.72. The maximum Gasteiger partial charge on any atom is 0.387 e. The van der Waals surface area contributed by atoms with E-state index in [4.69, 9.17) is 21.1 Å². The number of alkyl halides is 2. The molecule has 0 fully saturated rings. The van der Waals surface area contributed by atoms with Gasteiger partial charge < -0.3 is 19.5 Å². The summed E-state index contributed by atoms with van der Waals surface area (Å²) >= 11 is 6.14. The number of carbonyl (C=O) groups excluding carboxylic acids is 1. The number of fused-ring (bicyclic) bond motifs is 1. The van der Waals surface area contributed by atoms with Crippen LogP contribution in [0, 0.1) is 0 Å². The SMILES string of the molecule is O=C(NCc1cc(Cl)c2c(c1)OCCO2)c1ccccc1OC(F)F. The lowest BCUT2D eigenvalue weighted by molar-refractivity contribution is -0.0501. The van der Waals surface area contributed by atoms with E-state index in [0.717, 1.165) is 0 Å². The lowest BCUT2D eigenvalue weighted by Gasteiger charge is -2.20. The van der Waals surface area contributed by atoms with E-state index in [9.17, 15) is 13.6 Å². The van der Waals surface area contributed by atoms with Crippen molar-refractivity contribution in [2.45, 2.75) is 13.2 Å². The third kappa shape index (κ3) is 4.11. The molecule has 2 aromatic carbocycles. The number of nitrogens with one attached hydrogen (secondary N) is 1. The lowest BCUT2D eigenvalue weighted by atomic mass is 10.1. The quantitative estimate of drug-likeness (QED) is 0.874. The van der Waals surface area contributed by atoms with Crippen molar-refractivity contribution in [3.63, 3.8) is 0 Å². The first-order chi connectivity index (χ1) is 12.0. The van der Waals surface area contributed by atoms with E-state index in [1.165, 1.54) is 18.2 Å². The summed E-state index contributed by atoms with van der Waals surface area (Å²) in [5.74, 6) is 0.251. The van der Waals surface area contributed by atoms with Crippen LogP contribution in [0.4, 0.5) is 8.78 Å². The normalized spacial score (nSPS) is 12.8. The van der Waals surface area contributed by atoms with Gasteiger partial charge in [0, 0.05) is 6.54 Å². The van der Waals surface area contributed by atoms with Crippen molar-refractivity contribution in [3.05, 3.63) is 52.5 Å². The topological polar surface area (TPSA) is 56.8 Å². The van der Waals surface area contributed by atoms with Gasteiger partial charge in [-0.05, 0) is 29.8 Å². The number of hydrogen-bond acceptors (Lipinski definition) is 4. The first-order valence-electron chi connectivity index (χ1n) is 7.44. The Hall–Kier alpha value is -2.54. The smallest absolute Gasteiger partial charge is 0.387 e. The third-order valence-corrected chi connectivity index (χ3v) is 3.74. The Morgan fingerprint density at radius 1 is 1.24 bits per heavy atom. The monoisotopic (exact) mass is 369 g/mol. The van der Waals surface area contributed by atoms with Crippen molar-refractivity contribution in [2.75, 3.05) is 13.2 Å². The molecule has 1 amide bonds. The van der Waals surface area contributed by atoms with Crippen LogP contribution in [0.1, 0.15) is 15.9 Å². The molecule has 0 radical (unpaired) electrons. The molecular formula is C17H14ClF2NO4. The van der Waals surface area contributed by atoms with Crippen LogP contribution in [0.15, 0.2) is 36.4 Å². The zero-order chi connectivity index (χ0) is 17.8. The number of carbonyl (C=O) groups is 1. The number of para-hydroxylation sites is 1. The minimum atomic E-state index is -3.01. The molecule has 0 unspecified atom stereocenters. The first-order valence-corrected chi connectivity index (χ1v) is 7.82. The zero-order valence-corrected chi connectivity index (χ0v) is 13.7. The molecule has 132 valence electrons. The van der Waals surface area contributed by atoms with Gasteiger partial charge in [-0.15, -0.1) is 0 Å². The number of benzene rings is 2. The van der Waals surface area contributed by atoms with Crippen LogP contribution in [0.3, 0.4) is 0 Å². The van der Waals surface area contributed by atoms with Crippen LogP contribution in [0.5, 0.6) is 17.2 Å². The molecule has 5 nitrogen and oxygen atoms in total. The molecule has 0 aromatic heterocycles. The molecule has 8 heteroatoms. The van der Waals surface area contributed by atoms with Crippen LogP contribution >= 0.6 is 11.6 Å². The van der Waals surface area contributed by atoms with E-state index in [-0.39, 0.29) is 17.9 Å². The number of hydrogen-bond donors (Lipinski definition) is 1. The maximum atomic E-state index is 12.4. The maximum absolute atomic E-state index is 12.4. The molecule has 1 aliphatic heterocycles. The van der Waals surface area contributed by atoms with Gasteiger partial charge in [-0.25, -0.2) is 0 Å². The van der Waals surface area contributed by atoms with Crippen molar-refractivity contribution < 1.29 is 27.8 Å². The fourth-order valence-corrected chi connectivity index (χ4v) is 2.68. The second kappa shape index (κ2) is 7.57. The first kappa shape index (κ1) is 17.3. The van der Waals surface area contributed by atoms with Crippen molar-refractivity contribution >= 4 is 17.5 Å². The van der Waals surface area contributed by atoms with Crippen molar-refractivity contribution in [1.29, 1.82) is 0 Å². The molecule has 0 saturated heterocycles. The lowest BCUT2D eigenvalue weighted by Crippen LogP contribution is -2.24. The molecule has 0 spiro atoms. The Kier molecular flexibility index (Phi) is 5.23. The Bertz CT molecular complexity index is 785. The van der Waals surface area contributed by atoms with E-state index < -0.39 is 12.5 Å². The highest BCUT2D eigenvalue weighted by atomic mass is 35.5. The van der Waals surface area contributed by atoms with Gasteiger partial charge in [0.05, 0.1) is 10.6 Å². The van der Waals surface area contributed by atoms with Gasteiger partial charge in [0.25, 0.3) is 5.91 Å². The minimum Gasteiger partial charge on any atom is -0.486 e. The molecule has 1 N–H and O–H groups in total. The van der Waals surface area contributed by atoms with E-state index in [1.807, 2.05) is 0 Å². The zero-order valence-electron chi connectivity index (χ0n) is 12.9. The van der Waals surface area contributed by atoms with Crippen molar-refractivity contribution in [3.8, 4) is 17.2 Å². The fraction of sp³-hybridized carbons (Fsp3) is 0.235. The van der Waals surface area contributed by atoms with Gasteiger partial charge >= 0.3 is 6.61 Å². The molecule has 0 atom stereocenters. The summed E-state index contributed by atoms with van der Waals surface area (Å²) in [6.07, 6.45) is 0. The summed E-state index contributed by atoms with van der Waals surface area (Å²) in [5.41, 5.74) is 0.710. The molecule has 1 heterocycles. The van der Waals surface area contributed by atoms with Gasteiger partial charge in [-0.2, -0.15) is 8.78 Å².